The van der Waals surface area contributed by atoms with Crippen molar-refractivity contribution in [2.75, 3.05) is 16.0 Å². The Morgan fingerprint density at radius 2 is 1.90 bits per heavy atom. The quantitative estimate of drug-likeness (QED) is 0.230. The first-order valence-electron chi connectivity index (χ1n) is 8.64. The number of benzene rings is 2. The lowest BCUT2D eigenvalue weighted by Gasteiger charge is -2.11. The van der Waals surface area contributed by atoms with Gasteiger partial charge in [0, 0.05) is 28.6 Å². The third-order valence-corrected chi connectivity index (χ3v) is 4.81. The van der Waals surface area contributed by atoms with Gasteiger partial charge in [0.15, 0.2) is 0 Å². The van der Waals surface area contributed by atoms with Gasteiger partial charge in [0.2, 0.25) is 11.9 Å². The highest BCUT2D eigenvalue weighted by molar-refractivity contribution is 14.1. The molecule has 9 heteroatoms. The zero-order valence-electron chi connectivity index (χ0n) is 15.1. The highest BCUT2D eigenvalue weighted by Gasteiger charge is 2.08. The molecule has 0 bridgehead atoms. The van der Waals surface area contributed by atoms with Gasteiger partial charge in [-0.1, -0.05) is 12.6 Å². The van der Waals surface area contributed by atoms with E-state index in [0.29, 0.717) is 17.5 Å². The fourth-order valence-corrected chi connectivity index (χ4v) is 3.06. The van der Waals surface area contributed by atoms with E-state index in [1.54, 1.807) is 18.5 Å². The summed E-state index contributed by atoms with van der Waals surface area (Å²) in [6.07, 6.45) is 4.73. The summed E-state index contributed by atoms with van der Waals surface area (Å²) in [7, 11) is 0. The third-order valence-electron chi connectivity index (χ3n) is 4.02. The normalized spacial score (nSPS) is 10.5. The van der Waals surface area contributed by atoms with Gasteiger partial charge >= 0.3 is 0 Å². The van der Waals surface area contributed by atoms with Crippen LogP contribution in [0, 0.1) is 3.57 Å². The van der Waals surface area contributed by atoms with Crippen molar-refractivity contribution in [3.8, 4) is 0 Å². The van der Waals surface area contributed by atoms with Gasteiger partial charge < -0.3 is 16.0 Å². The number of hydrogen-bond donors (Lipinski definition) is 4. The maximum absolute atomic E-state index is 11.5. The van der Waals surface area contributed by atoms with E-state index in [1.807, 2.05) is 36.4 Å². The Morgan fingerprint density at radius 1 is 1.07 bits per heavy atom. The summed E-state index contributed by atoms with van der Waals surface area (Å²) in [5.41, 5.74) is 3.27. The second-order valence-corrected chi connectivity index (χ2v) is 7.25. The minimum Gasteiger partial charge on any atom is -0.339 e. The zero-order chi connectivity index (χ0) is 20.2. The number of rotatable bonds is 6. The molecule has 144 valence electrons. The molecule has 2 aromatic heterocycles. The number of hydrogen-bond acceptors (Lipinski definition) is 6. The molecule has 0 fully saturated rings. The molecule has 0 aliphatic carbocycles. The summed E-state index contributed by atoms with van der Waals surface area (Å²) in [5.74, 6) is 0.853. The highest BCUT2D eigenvalue weighted by atomic mass is 127. The van der Waals surface area contributed by atoms with Crippen LogP contribution in [0.3, 0.4) is 0 Å². The van der Waals surface area contributed by atoms with E-state index < -0.39 is 0 Å². The molecule has 4 N–H and O–H groups in total. The first kappa shape index (κ1) is 18.9. The molecule has 4 rings (SSSR count). The highest BCUT2D eigenvalue weighted by Crippen LogP contribution is 2.25. The van der Waals surface area contributed by atoms with Crippen LogP contribution in [-0.2, 0) is 4.79 Å². The number of nitrogens with zero attached hydrogens (tertiary/aromatic N) is 3. The van der Waals surface area contributed by atoms with Crippen LogP contribution in [0.4, 0.5) is 28.8 Å². The summed E-state index contributed by atoms with van der Waals surface area (Å²) in [6, 6.07) is 13.2. The van der Waals surface area contributed by atoms with E-state index in [0.717, 1.165) is 25.8 Å². The summed E-state index contributed by atoms with van der Waals surface area (Å²) in [6.45, 7) is 3.46. The van der Waals surface area contributed by atoms with Crippen LogP contribution in [0.5, 0.6) is 0 Å². The van der Waals surface area contributed by atoms with Crippen LogP contribution < -0.4 is 16.0 Å². The molecule has 0 aliphatic heterocycles. The van der Waals surface area contributed by atoms with Crippen LogP contribution in [0.15, 0.2) is 67.5 Å². The van der Waals surface area contributed by atoms with Crippen molar-refractivity contribution in [2.24, 2.45) is 0 Å². The molecule has 29 heavy (non-hydrogen) atoms. The number of amides is 1. The second-order valence-electron chi connectivity index (χ2n) is 6.09. The van der Waals surface area contributed by atoms with Crippen LogP contribution in [0.25, 0.3) is 10.9 Å². The number of H-pyrrole nitrogens is 1. The first-order valence-corrected chi connectivity index (χ1v) is 9.72. The van der Waals surface area contributed by atoms with Crippen LogP contribution in [-0.4, -0.2) is 26.1 Å². The average Bonchev–Trinajstić information content (AvgIpc) is 3.18. The lowest BCUT2D eigenvalue weighted by molar-refractivity contribution is -0.111. The van der Waals surface area contributed by atoms with Crippen LogP contribution in [0.1, 0.15) is 0 Å². The molecule has 8 nitrogen and oxygen atoms in total. The predicted molar refractivity (Wildman–Crippen MR) is 123 cm³/mol. The summed E-state index contributed by atoms with van der Waals surface area (Å²) < 4.78 is 0.860. The molecule has 0 spiro atoms. The molecule has 4 aromatic rings. The number of aromatic nitrogens is 4. The molecule has 0 unspecified atom stereocenters. The van der Waals surface area contributed by atoms with Crippen molar-refractivity contribution in [3.63, 3.8) is 0 Å². The summed E-state index contributed by atoms with van der Waals surface area (Å²) in [4.78, 5) is 20.4. The zero-order valence-corrected chi connectivity index (χ0v) is 17.3. The first-order chi connectivity index (χ1) is 14.1. The fourth-order valence-electron chi connectivity index (χ4n) is 2.67. The number of nitrogens with one attached hydrogen (secondary N) is 4. The summed E-state index contributed by atoms with van der Waals surface area (Å²) >= 11 is 2.17. The van der Waals surface area contributed by atoms with Crippen molar-refractivity contribution < 1.29 is 4.79 Å². The molecule has 0 radical (unpaired) electrons. The number of carbonyl (C=O) groups excluding carboxylic acids is 1. The largest absolute Gasteiger partial charge is 0.339 e. The Hall–Kier alpha value is -3.47. The van der Waals surface area contributed by atoms with Crippen molar-refractivity contribution in [3.05, 3.63) is 71.1 Å². The molecule has 0 saturated carbocycles. The minimum atomic E-state index is -0.264. The number of anilines is 5. The van der Waals surface area contributed by atoms with E-state index in [4.69, 9.17) is 0 Å². The number of fused-ring (bicyclic) bond motifs is 1. The smallest absolute Gasteiger partial charge is 0.247 e. The Bertz CT molecular complexity index is 1200. The predicted octanol–water partition coefficient (Wildman–Crippen LogP) is 4.57. The minimum absolute atomic E-state index is 0.264. The topological polar surface area (TPSA) is 108 Å². The van der Waals surface area contributed by atoms with E-state index >= 15 is 0 Å². The Kier molecular flexibility index (Phi) is 5.38. The van der Waals surface area contributed by atoms with Crippen molar-refractivity contribution in [1.82, 2.24) is 20.2 Å². The van der Waals surface area contributed by atoms with Crippen LogP contribution in [0.2, 0.25) is 0 Å². The van der Waals surface area contributed by atoms with Gasteiger partial charge in [-0.2, -0.15) is 10.1 Å². The van der Waals surface area contributed by atoms with E-state index in [1.165, 1.54) is 6.08 Å². The van der Waals surface area contributed by atoms with Crippen LogP contribution >= 0.6 is 22.6 Å². The van der Waals surface area contributed by atoms with E-state index in [2.05, 4.69) is 65.3 Å². The van der Waals surface area contributed by atoms with Crippen molar-refractivity contribution in [1.29, 1.82) is 0 Å². The number of aromatic amines is 1. The molecule has 0 saturated heterocycles. The Balaban J connectivity index is 1.54. The van der Waals surface area contributed by atoms with Crippen molar-refractivity contribution in [2.45, 2.75) is 0 Å². The SMILES string of the molecule is C=CC(=O)Nc1cccc(Nc2nc(Nc3ccc4[nH]ncc4c3)ncc2I)c1. The molecular weight excluding hydrogens is 481 g/mol. The second kappa shape index (κ2) is 8.27. The standard InChI is InChI=1S/C20H16IN7O/c1-2-18(29)24-13-4-3-5-14(9-13)25-19-16(21)11-22-20(27-19)26-15-6-7-17-12(8-15)10-23-28-17/h2-11H,1H2,(H,23,28)(H,24,29)(H2,22,25,26,27). The number of halogens is 1. The summed E-state index contributed by atoms with van der Waals surface area (Å²) in [5, 5.41) is 17.2. The fraction of sp³-hybridized carbons (Fsp3) is 0. The van der Waals surface area contributed by atoms with Gasteiger partial charge in [-0.05, 0) is 65.1 Å². The lowest BCUT2D eigenvalue weighted by Crippen LogP contribution is -2.07. The molecular formula is C20H16IN7O. The Labute approximate surface area is 180 Å². The van der Waals surface area contributed by atoms with Gasteiger partial charge in [0.25, 0.3) is 0 Å². The van der Waals surface area contributed by atoms with Gasteiger partial charge in [0.05, 0.1) is 15.3 Å². The van der Waals surface area contributed by atoms with Gasteiger partial charge in [0.1, 0.15) is 5.82 Å². The average molecular weight is 497 g/mol. The maximum Gasteiger partial charge on any atom is 0.247 e. The van der Waals surface area contributed by atoms with Gasteiger partial charge in [-0.25, -0.2) is 4.98 Å². The Morgan fingerprint density at radius 3 is 2.76 bits per heavy atom. The third kappa shape index (κ3) is 4.51. The molecule has 2 heterocycles. The van der Waals surface area contributed by atoms with Gasteiger partial charge in [-0.15, -0.1) is 0 Å². The number of carbonyl (C=O) groups is 1. The molecule has 2 aromatic carbocycles. The monoisotopic (exact) mass is 497 g/mol. The lowest BCUT2D eigenvalue weighted by atomic mass is 10.2. The van der Waals surface area contributed by atoms with E-state index in [-0.39, 0.29) is 5.91 Å². The van der Waals surface area contributed by atoms with Crippen molar-refractivity contribution >= 4 is 68.2 Å². The molecule has 0 aliphatic rings. The van der Waals surface area contributed by atoms with E-state index in [9.17, 15) is 4.79 Å². The molecule has 1 amide bonds. The maximum atomic E-state index is 11.5. The van der Waals surface area contributed by atoms with Gasteiger partial charge in [-0.3, -0.25) is 9.89 Å². The molecule has 0 atom stereocenters.